The van der Waals surface area contributed by atoms with Crippen LogP contribution in [0.15, 0.2) is 47.6 Å². The Hall–Kier alpha value is -1.04. The number of hydrogen-bond acceptors (Lipinski definition) is 0. The third kappa shape index (κ3) is 3.38. The predicted molar refractivity (Wildman–Crippen MR) is 57.1 cm³/mol. The van der Waals surface area contributed by atoms with Gasteiger partial charge in [-0.05, 0) is 44.4 Å². The first-order valence-electron chi connectivity index (χ1n) is 4.25. The van der Waals surface area contributed by atoms with Crippen molar-refractivity contribution in [3.05, 3.63) is 47.6 Å². The maximum atomic E-state index is 4.01. The summed E-state index contributed by atoms with van der Waals surface area (Å²) < 4.78 is 0. The predicted octanol–water partition coefficient (Wildman–Crippen LogP) is 4.03. The van der Waals surface area contributed by atoms with Crippen LogP contribution >= 0.6 is 0 Å². The van der Waals surface area contributed by atoms with Crippen molar-refractivity contribution in [3.8, 4) is 0 Å². The smallest absolute Gasteiger partial charge is 0.0273 e. The van der Waals surface area contributed by atoms with Crippen LogP contribution in [0.1, 0.15) is 27.7 Å². The van der Waals surface area contributed by atoms with Gasteiger partial charge in [0, 0.05) is 0 Å². The normalized spacial score (nSPS) is 14.0. The average Bonchev–Trinajstić information content (AvgIpc) is 2.11. The van der Waals surface area contributed by atoms with Crippen molar-refractivity contribution in [2.75, 3.05) is 0 Å². The molecule has 66 valence electrons. The lowest BCUT2D eigenvalue weighted by molar-refractivity contribution is 1.32. The highest BCUT2D eigenvalue weighted by atomic mass is 14.0. The van der Waals surface area contributed by atoms with Gasteiger partial charge in [0.05, 0.1) is 0 Å². The second-order valence-corrected chi connectivity index (χ2v) is 2.83. The summed E-state index contributed by atoms with van der Waals surface area (Å²) in [5, 5.41) is 0. The molecule has 0 N–H and O–H groups in total. The van der Waals surface area contributed by atoms with E-state index in [9.17, 15) is 0 Å². The van der Waals surface area contributed by atoms with E-state index in [0.29, 0.717) is 0 Å². The van der Waals surface area contributed by atoms with E-state index in [4.69, 9.17) is 0 Å². The Labute approximate surface area is 76.0 Å². The second-order valence-electron chi connectivity index (χ2n) is 2.83. The SMILES string of the molecule is C=C(/C(C)=C/C)/C(C)=C/C=C\C. The molecule has 0 aromatic heterocycles. The lowest BCUT2D eigenvalue weighted by atomic mass is 10.0. The van der Waals surface area contributed by atoms with Gasteiger partial charge in [-0.15, -0.1) is 0 Å². The Kier molecular flexibility index (Phi) is 5.11. The van der Waals surface area contributed by atoms with Crippen LogP contribution in [-0.2, 0) is 0 Å². The lowest BCUT2D eigenvalue weighted by Gasteiger charge is -2.04. The molecule has 0 radical (unpaired) electrons. The molecule has 0 aromatic carbocycles. The van der Waals surface area contributed by atoms with Gasteiger partial charge >= 0.3 is 0 Å². The minimum atomic E-state index is 1.12. The van der Waals surface area contributed by atoms with Gasteiger partial charge in [-0.2, -0.15) is 0 Å². The molecule has 0 aliphatic carbocycles. The van der Waals surface area contributed by atoms with E-state index < -0.39 is 0 Å². The molecule has 0 saturated carbocycles. The van der Waals surface area contributed by atoms with Gasteiger partial charge in [-0.1, -0.05) is 30.9 Å². The zero-order chi connectivity index (χ0) is 9.56. The van der Waals surface area contributed by atoms with Crippen LogP contribution in [0.3, 0.4) is 0 Å². The molecule has 0 heterocycles. The van der Waals surface area contributed by atoms with Crippen molar-refractivity contribution < 1.29 is 0 Å². The van der Waals surface area contributed by atoms with Crippen LogP contribution in [0.4, 0.5) is 0 Å². The summed E-state index contributed by atoms with van der Waals surface area (Å²) in [5.41, 5.74) is 3.59. The summed E-state index contributed by atoms with van der Waals surface area (Å²) >= 11 is 0. The average molecular weight is 162 g/mol. The maximum Gasteiger partial charge on any atom is -0.0273 e. The van der Waals surface area contributed by atoms with Crippen LogP contribution in [-0.4, -0.2) is 0 Å². The molecule has 0 unspecified atom stereocenters. The van der Waals surface area contributed by atoms with Gasteiger partial charge in [0.15, 0.2) is 0 Å². The molecule has 0 amide bonds. The summed E-state index contributed by atoms with van der Waals surface area (Å²) in [6.07, 6.45) is 8.20. The number of rotatable bonds is 3. The third-order valence-electron chi connectivity index (χ3n) is 1.92. The van der Waals surface area contributed by atoms with Gasteiger partial charge in [-0.3, -0.25) is 0 Å². The first-order valence-corrected chi connectivity index (χ1v) is 4.25. The monoisotopic (exact) mass is 162 g/mol. The summed E-state index contributed by atoms with van der Waals surface area (Å²) in [4.78, 5) is 0. The second kappa shape index (κ2) is 5.59. The first-order chi connectivity index (χ1) is 5.63. The van der Waals surface area contributed by atoms with E-state index in [2.05, 4.69) is 32.6 Å². The molecular weight excluding hydrogens is 144 g/mol. The largest absolute Gasteiger partial charge is 0.0912 e. The quantitative estimate of drug-likeness (QED) is 0.549. The summed E-state index contributed by atoms with van der Waals surface area (Å²) in [7, 11) is 0. The standard InChI is InChI=1S/C12H18/c1-6-8-9-11(4)12(5)10(3)7-2/h6-9H,5H2,1-4H3/b8-6-,10-7+,11-9+. The highest BCUT2D eigenvalue weighted by molar-refractivity contribution is 5.43. The van der Waals surface area contributed by atoms with Crippen LogP contribution < -0.4 is 0 Å². The fourth-order valence-corrected chi connectivity index (χ4v) is 0.826. The molecular formula is C12H18. The molecule has 0 saturated heterocycles. The minimum Gasteiger partial charge on any atom is -0.0912 e. The molecule has 0 aliphatic rings. The lowest BCUT2D eigenvalue weighted by Crippen LogP contribution is -1.84. The van der Waals surface area contributed by atoms with Crippen LogP contribution in [0.2, 0.25) is 0 Å². The Balaban J connectivity index is 4.50. The Morgan fingerprint density at radius 3 is 2.08 bits per heavy atom. The van der Waals surface area contributed by atoms with Crippen molar-refractivity contribution >= 4 is 0 Å². The molecule has 0 aliphatic heterocycles. The van der Waals surface area contributed by atoms with E-state index in [1.165, 1.54) is 11.1 Å². The Bertz CT molecular complexity index is 237. The van der Waals surface area contributed by atoms with E-state index in [1.54, 1.807) is 0 Å². The van der Waals surface area contributed by atoms with Crippen molar-refractivity contribution in [1.29, 1.82) is 0 Å². The molecule has 0 aromatic rings. The van der Waals surface area contributed by atoms with Crippen LogP contribution in [0.5, 0.6) is 0 Å². The zero-order valence-electron chi connectivity index (χ0n) is 8.52. The molecule has 0 bridgehead atoms. The molecule has 0 heteroatoms. The molecule has 12 heavy (non-hydrogen) atoms. The molecule has 0 atom stereocenters. The van der Waals surface area contributed by atoms with Crippen molar-refractivity contribution in [2.45, 2.75) is 27.7 Å². The molecule has 0 nitrogen and oxygen atoms in total. The van der Waals surface area contributed by atoms with Crippen LogP contribution in [0.25, 0.3) is 0 Å². The van der Waals surface area contributed by atoms with E-state index in [-0.39, 0.29) is 0 Å². The third-order valence-corrected chi connectivity index (χ3v) is 1.92. The number of hydrogen-bond donors (Lipinski definition) is 0. The van der Waals surface area contributed by atoms with Gasteiger partial charge in [0.25, 0.3) is 0 Å². The van der Waals surface area contributed by atoms with Gasteiger partial charge in [0.1, 0.15) is 0 Å². The van der Waals surface area contributed by atoms with Crippen LogP contribution in [0, 0.1) is 0 Å². The van der Waals surface area contributed by atoms with Crippen molar-refractivity contribution in [2.24, 2.45) is 0 Å². The summed E-state index contributed by atoms with van der Waals surface area (Å²) in [6.45, 7) is 12.2. The molecule has 0 spiro atoms. The fourth-order valence-electron chi connectivity index (χ4n) is 0.826. The highest BCUT2D eigenvalue weighted by Gasteiger charge is 1.96. The van der Waals surface area contributed by atoms with Gasteiger partial charge < -0.3 is 0 Å². The van der Waals surface area contributed by atoms with Gasteiger partial charge in [0.2, 0.25) is 0 Å². The number of allylic oxidation sites excluding steroid dienone is 7. The van der Waals surface area contributed by atoms with Gasteiger partial charge in [-0.25, -0.2) is 0 Å². The minimum absolute atomic E-state index is 1.12. The first kappa shape index (κ1) is 11.0. The van der Waals surface area contributed by atoms with Crippen molar-refractivity contribution in [1.82, 2.24) is 0 Å². The topological polar surface area (TPSA) is 0 Å². The Morgan fingerprint density at radius 2 is 1.67 bits per heavy atom. The van der Waals surface area contributed by atoms with E-state index >= 15 is 0 Å². The van der Waals surface area contributed by atoms with E-state index in [1.807, 2.05) is 26.0 Å². The van der Waals surface area contributed by atoms with E-state index in [0.717, 1.165) is 5.57 Å². The Morgan fingerprint density at radius 1 is 1.08 bits per heavy atom. The highest BCUT2D eigenvalue weighted by Crippen LogP contribution is 2.15. The summed E-state index contributed by atoms with van der Waals surface area (Å²) in [5.74, 6) is 0. The zero-order valence-corrected chi connectivity index (χ0v) is 8.52. The maximum absolute atomic E-state index is 4.01. The molecule has 0 rings (SSSR count). The molecule has 0 fully saturated rings. The van der Waals surface area contributed by atoms with Crippen molar-refractivity contribution in [3.63, 3.8) is 0 Å². The summed E-state index contributed by atoms with van der Waals surface area (Å²) in [6, 6.07) is 0. The fraction of sp³-hybridized carbons (Fsp3) is 0.333.